The summed E-state index contributed by atoms with van der Waals surface area (Å²) in [7, 11) is 3.08. The highest BCUT2D eigenvalue weighted by Gasteiger charge is 2.39. The lowest BCUT2D eigenvalue weighted by atomic mass is 10.0. The monoisotopic (exact) mass is 380 g/mol. The van der Waals surface area contributed by atoms with Crippen LogP contribution in [0.25, 0.3) is 5.57 Å². The van der Waals surface area contributed by atoms with Crippen LogP contribution in [0.15, 0.2) is 54.2 Å². The van der Waals surface area contributed by atoms with Gasteiger partial charge < -0.3 is 14.8 Å². The van der Waals surface area contributed by atoms with Crippen LogP contribution in [0.5, 0.6) is 11.5 Å². The van der Waals surface area contributed by atoms with Gasteiger partial charge in [-0.1, -0.05) is 38.1 Å². The van der Waals surface area contributed by atoms with E-state index < -0.39 is 0 Å². The number of anilines is 1. The van der Waals surface area contributed by atoms with Crippen molar-refractivity contribution in [3.05, 3.63) is 59.8 Å². The average Bonchev–Trinajstić information content (AvgIpc) is 2.92. The van der Waals surface area contributed by atoms with Gasteiger partial charge in [-0.15, -0.1) is 0 Å². The van der Waals surface area contributed by atoms with Crippen LogP contribution in [0.3, 0.4) is 0 Å². The van der Waals surface area contributed by atoms with Crippen molar-refractivity contribution >= 4 is 23.1 Å². The maximum Gasteiger partial charge on any atom is 0.278 e. The summed E-state index contributed by atoms with van der Waals surface area (Å²) in [6, 6.07) is 14.5. The van der Waals surface area contributed by atoms with Gasteiger partial charge in [0, 0.05) is 12.2 Å². The summed E-state index contributed by atoms with van der Waals surface area (Å²) in [5.74, 6) is 0.571. The molecule has 1 aliphatic rings. The molecule has 0 saturated heterocycles. The van der Waals surface area contributed by atoms with Crippen molar-refractivity contribution < 1.29 is 19.1 Å². The third-order valence-corrected chi connectivity index (χ3v) is 4.43. The summed E-state index contributed by atoms with van der Waals surface area (Å²) in [6.45, 7) is 4.30. The number of hydrogen-bond acceptors (Lipinski definition) is 5. The number of rotatable bonds is 7. The molecule has 6 nitrogen and oxygen atoms in total. The van der Waals surface area contributed by atoms with E-state index in [0.29, 0.717) is 29.2 Å². The van der Waals surface area contributed by atoms with Crippen LogP contribution in [-0.4, -0.2) is 37.5 Å². The van der Waals surface area contributed by atoms with Crippen molar-refractivity contribution in [2.24, 2.45) is 5.92 Å². The molecule has 0 atom stereocenters. The van der Waals surface area contributed by atoms with E-state index in [1.165, 1.54) is 12.0 Å². The van der Waals surface area contributed by atoms with Gasteiger partial charge in [0.05, 0.1) is 19.8 Å². The zero-order valence-corrected chi connectivity index (χ0v) is 16.5. The van der Waals surface area contributed by atoms with E-state index in [9.17, 15) is 9.59 Å². The number of nitrogens with zero attached hydrogens (tertiary/aromatic N) is 1. The molecule has 146 valence electrons. The van der Waals surface area contributed by atoms with Gasteiger partial charge in [-0.25, -0.2) is 0 Å². The number of para-hydroxylation sites is 1. The molecule has 1 N–H and O–H groups in total. The molecule has 0 aliphatic carbocycles. The second kappa shape index (κ2) is 8.17. The van der Waals surface area contributed by atoms with E-state index in [-0.39, 0.29) is 23.4 Å². The summed E-state index contributed by atoms with van der Waals surface area (Å²) >= 11 is 0. The van der Waals surface area contributed by atoms with E-state index in [1.807, 2.05) is 44.2 Å². The molecule has 0 fully saturated rings. The lowest BCUT2D eigenvalue weighted by Gasteiger charge is -2.17. The maximum atomic E-state index is 13.1. The Hall–Kier alpha value is -3.28. The number of hydrogen-bond donors (Lipinski definition) is 1. The number of carbonyl (C=O) groups is 2. The fourth-order valence-electron chi connectivity index (χ4n) is 3.15. The molecule has 0 radical (unpaired) electrons. The molecule has 0 unspecified atom stereocenters. The van der Waals surface area contributed by atoms with Crippen molar-refractivity contribution in [1.82, 2.24) is 4.90 Å². The van der Waals surface area contributed by atoms with Gasteiger partial charge in [0.2, 0.25) is 0 Å². The van der Waals surface area contributed by atoms with Crippen molar-refractivity contribution in [3.63, 3.8) is 0 Å². The summed E-state index contributed by atoms with van der Waals surface area (Å²) in [4.78, 5) is 27.5. The first-order valence-electron chi connectivity index (χ1n) is 9.11. The average molecular weight is 380 g/mol. The molecule has 2 aromatic rings. The Morgan fingerprint density at radius 2 is 1.61 bits per heavy atom. The summed E-state index contributed by atoms with van der Waals surface area (Å²) < 4.78 is 10.6. The third-order valence-electron chi connectivity index (χ3n) is 4.43. The SMILES string of the molecule is COc1ccc(C2=C(Nc3ccccc3)C(=O)N(CC(C)C)C2=O)cc1OC. The number of amides is 2. The smallest absolute Gasteiger partial charge is 0.278 e. The Kier molecular flexibility index (Phi) is 5.68. The van der Waals surface area contributed by atoms with E-state index in [2.05, 4.69) is 5.32 Å². The predicted molar refractivity (Wildman–Crippen MR) is 108 cm³/mol. The van der Waals surface area contributed by atoms with Crippen LogP contribution in [0.1, 0.15) is 19.4 Å². The Balaban J connectivity index is 2.10. The lowest BCUT2D eigenvalue weighted by molar-refractivity contribution is -0.137. The maximum absolute atomic E-state index is 13.1. The number of methoxy groups -OCH3 is 2. The highest BCUT2D eigenvalue weighted by atomic mass is 16.5. The van der Waals surface area contributed by atoms with E-state index in [1.54, 1.807) is 25.3 Å². The molecule has 2 aromatic carbocycles. The van der Waals surface area contributed by atoms with Gasteiger partial charge in [-0.2, -0.15) is 0 Å². The minimum absolute atomic E-state index is 0.163. The number of nitrogens with one attached hydrogen (secondary N) is 1. The molecule has 0 spiro atoms. The highest BCUT2D eigenvalue weighted by Crippen LogP contribution is 2.35. The largest absolute Gasteiger partial charge is 0.493 e. The van der Waals surface area contributed by atoms with Gasteiger partial charge in [0.1, 0.15) is 5.70 Å². The zero-order chi connectivity index (χ0) is 20.3. The second-order valence-corrected chi connectivity index (χ2v) is 6.93. The molecule has 3 rings (SSSR count). The van der Waals surface area contributed by atoms with Gasteiger partial charge in [-0.3, -0.25) is 14.5 Å². The first-order valence-corrected chi connectivity index (χ1v) is 9.11. The van der Waals surface area contributed by atoms with Gasteiger partial charge in [-0.05, 0) is 35.7 Å². The van der Waals surface area contributed by atoms with Crippen molar-refractivity contribution in [2.75, 3.05) is 26.1 Å². The van der Waals surface area contributed by atoms with E-state index in [0.717, 1.165) is 5.69 Å². The number of carbonyl (C=O) groups excluding carboxylic acids is 2. The lowest BCUT2D eigenvalue weighted by Crippen LogP contribution is -2.35. The van der Waals surface area contributed by atoms with Gasteiger partial charge in [0.25, 0.3) is 11.8 Å². The predicted octanol–water partition coefficient (Wildman–Crippen LogP) is 3.55. The fraction of sp³-hybridized carbons (Fsp3) is 0.273. The summed E-state index contributed by atoms with van der Waals surface area (Å²) in [6.07, 6.45) is 0. The molecule has 0 bridgehead atoms. The molecule has 6 heteroatoms. The standard InChI is InChI=1S/C22H24N2O4/c1-14(2)13-24-21(25)19(15-10-11-17(27-3)18(12-15)28-4)20(22(24)26)23-16-8-6-5-7-9-16/h5-12,14,23H,13H2,1-4H3. The first-order chi connectivity index (χ1) is 13.5. The van der Waals surface area contributed by atoms with Crippen molar-refractivity contribution in [1.29, 1.82) is 0 Å². The quantitative estimate of drug-likeness (QED) is 0.744. The molecule has 0 saturated carbocycles. The topological polar surface area (TPSA) is 67.9 Å². The minimum atomic E-state index is -0.327. The van der Waals surface area contributed by atoms with Gasteiger partial charge in [0.15, 0.2) is 11.5 Å². The van der Waals surface area contributed by atoms with Crippen LogP contribution >= 0.6 is 0 Å². The molecule has 1 aliphatic heterocycles. The molecule has 28 heavy (non-hydrogen) atoms. The number of benzene rings is 2. The second-order valence-electron chi connectivity index (χ2n) is 6.93. The molecule has 2 amide bonds. The van der Waals surface area contributed by atoms with Crippen molar-refractivity contribution in [2.45, 2.75) is 13.8 Å². The van der Waals surface area contributed by atoms with Crippen LogP contribution in [0.2, 0.25) is 0 Å². The van der Waals surface area contributed by atoms with E-state index in [4.69, 9.17) is 9.47 Å². The number of ether oxygens (including phenoxy) is 2. The van der Waals surface area contributed by atoms with Gasteiger partial charge >= 0.3 is 0 Å². The fourth-order valence-corrected chi connectivity index (χ4v) is 3.15. The Labute approximate surface area is 164 Å². The van der Waals surface area contributed by atoms with Crippen molar-refractivity contribution in [3.8, 4) is 11.5 Å². The summed E-state index contributed by atoms with van der Waals surface area (Å²) in [5, 5.41) is 3.13. The summed E-state index contributed by atoms with van der Waals surface area (Å²) in [5.41, 5.74) is 1.93. The molecule has 0 aromatic heterocycles. The zero-order valence-electron chi connectivity index (χ0n) is 16.5. The number of imide groups is 1. The Morgan fingerprint density at radius 3 is 2.21 bits per heavy atom. The van der Waals surface area contributed by atoms with Crippen LogP contribution in [0.4, 0.5) is 5.69 Å². The Bertz CT molecular complexity index is 919. The highest BCUT2D eigenvalue weighted by molar-refractivity contribution is 6.36. The minimum Gasteiger partial charge on any atom is -0.493 e. The first kappa shape index (κ1) is 19.5. The molecule has 1 heterocycles. The van der Waals surface area contributed by atoms with Crippen LogP contribution in [-0.2, 0) is 9.59 Å². The van der Waals surface area contributed by atoms with Crippen LogP contribution < -0.4 is 14.8 Å². The molecular formula is C22H24N2O4. The normalized spacial score (nSPS) is 14.1. The molecular weight excluding hydrogens is 356 g/mol. The van der Waals surface area contributed by atoms with E-state index >= 15 is 0 Å². The third kappa shape index (κ3) is 3.71. The van der Waals surface area contributed by atoms with Crippen LogP contribution in [0, 0.1) is 5.92 Å². The Morgan fingerprint density at radius 1 is 0.929 bits per heavy atom.